The predicted octanol–water partition coefficient (Wildman–Crippen LogP) is 1.63. The van der Waals surface area contributed by atoms with Crippen LogP contribution >= 0.6 is 0 Å². The molecule has 2 atom stereocenters. The van der Waals surface area contributed by atoms with Crippen LogP contribution in [-0.4, -0.2) is 21.8 Å². The van der Waals surface area contributed by atoms with E-state index in [0.717, 1.165) is 5.56 Å². The zero-order valence-corrected chi connectivity index (χ0v) is 8.27. The second kappa shape index (κ2) is 3.80. The molecule has 1 aromatic rings. The van der Waals surface area contributed by atoms with Crippen molar-refractivity contribution in [2.45, 2.75) is 25.4 Å². The second-order valence-corrected chi connectivity index (χ2v) is 3.59. The topological polar surface area (TPSA) is 57.5 Å². The highest BCUT2D eigenvalue weighted by atomic mass is 16.4. The van der Waals surface area contributed by atoms with E-state index in [2.05, 4.69) is 0 Å². The van der Waals surface area contributed by atoms with Gasteiger partial charge in [-0.3, -0.25) is 0 Å². The number of carboxylic acids is 1. The lowest BCUT2D eigenvalue weighted by atomic mass is 9.85. The molecule has 76 valence electrons. The van der Waals surface area contributed by atoms with Gasteiger partial charge in [-0.05, 0) is 12.5 Å². The lowest BCUT2D eigenvalue weighted by Gasteiger charge is -2.25. The molecular weight excluding hydrogens is 180 g/mol. The summed E-state index contributed by atoms with van der Waals surface area (Å²) in [5.41, 5.74) is -0.902. The third kappa shape index (κ3) is 1.93. The molecule has 0 spiro atoms. The molecule has 0 aliphatic heterocycles. The Balaban J connectivity index is 2.96. The minimum Gasteiger partial charge on any atom is -0.479 e. The summed E-state index contributed by atoms with van der Waals surface area (Å²) in [6, 6.07) is 9.11. The van der Waals surface area contributed by atoms with Crippen molar-refractivity contribution in [2.24, 2.45) is 0 Å². The Morgan fingerprint density at radius 3 is 2.29 bits per heavy atom. The first-order chi connectivity index (χ1) is 6.46. The first-order valence-electron chi connectivity index (χ1n) is 4.47. The smallest absolute Gasteiger partial charge is 0.336 e. The number of aliphatic carboxylic acids is 1. The van der Waals surface area contributed by atoms with E-state index < -0.39 is 17.5 Å². The van der Waals surface area contributed by atoms with Crippen molar-refractivity contribution >= 4 is 5.97 Å². The molecule has 2 N–H and O–H groups in total. The van der Waals surface area contributed by atoms with Gasteiger partial charge in [0.05, 0.1) is 0 Å². The van der Waals surface area contributed by atoms with E-state index in [4.69, 9.17) is 5.11 Å². The van der Waals surface area contributed by atoms with Crippen LogP contribution in [0.2, 0.25) is 0 Å². The number of aliphatic hydroxyl groups is 1. The van der Waals surface area contributed by atoms with Crippen LogP contribution in [0.3, 0.4) is 0 Å². The van der Waals surface area contributed by atoms with Crippen LogP contribution in [0.25, 0.3) is 0 Å². The zero-order chi connectivity index (χ0) is 10.8. The quantitative estimate of drug-likeness (QED) is 0.768. The summed E-state index contributed by atoms with van der Waals surface area (Å²) in [5, 5.41) is 18.5. The fourth-order valence-electron chi connectivity index (χ4n) is 1.25. The molecule has 3 nitrogen and oxygen atoms in total. The number of hydrogen-bond donors (Lipinski definition) is 2. The average Bonchev–Trinajstić information content (AvgIpc) is 2.17. The fraction of sp³-hybridized carbons (Fsp3) is 0.364. The molecule has 0 saturated heterocycles. The highest BCUT2D eigenvalue weighted by Crippen LogP contribution is 2.27. The number of benzene rings is 1. The summed E-state index contributed by atoms with van der Waals surface area (Å²) in [7, 11) is 0. The van der Waals surface area contributed by atoms with Gasteiger partial charge >= 0.3 is 5.97 Å². The summed E-state index contributed by atoms with van der Waals surface area (Å²) in [4.78, 5) is 10.8. The van der Waals surface area contributed by atoms with Gasteiger partial charge in [-0.25, -0.2) is 4.79 Å². The molecule has 0 unspecified atom stereocenters. The molecule has 0 amide bonds. The Hall–Kier alpha value is -1.35. The molecule has 1 rings (SSSR count). The highest BCUT2D eigenvalue weighted by molar-refractivity contribution is 5.78. The molecule has 3 heteroatoms. The van der Waals surface area contributed by atoms with Gasteiger partial charge in [0.15, 0.2) is 5.60 Å². The lowest BCUT2D eigenvalue weighted by molar-refractivity contribution is -0.158. The summed E-state index contributed by atoms with van der Waals surface area (Å²) >= 11 is 0. The molecule has 0 aliphatic carbocycles. The summed E-state index contributed by atoms with van der Waals surface area (Å²) in [6.07, 6.45) is 0. The number of rotatable bonds is 3. The van der Waals surface area contributed by atoms with Gasteiger partial charge in [0.25, 0.3) is 0 Å². The maximum Gasteiger partial charge on any atom is 0.336 e. The zero-order valence-electron chi connectivity index (χ0n) is 8.27. The maximum absolute atomic E-state index is 10.8. The summed E-state index contributed by atoms with van der Waals surface area (Å²) in [5.74, 6) is -1.63. The Kier molecular flexibility index (Phi) is 2.91. The third-order valence-electron chi connectivity index (χ3n) is 2.58. The molecule has 0 fully saturated rings. The lowest BCUT2D eigenvalue weighted by Crippen LogP contribution is -2.40. The SMILES string of the molecule is C[C@@H](c1ccccc1)[C@](C)(O)C(=O)O. The highest BCUT2D eigenvalue weighted by Gasteiger charge is 2.37. The molecule has 0 aliphatic rings. The van der Waals surface area contributed by atoms with Crippen molar-refractivity contribution in [3.05, 3.63) is 35.9 Å². The minimum absolute atomic E-state index is 0.429. The van der Waals surface area contributed by atoms with Crippen molar-refractivity contribution in [1.82, 2.24) is 0 Å². The van der Waals surface area contributed by atoms with Crippen LogP contribution in [-0.2, 0) is 4.79 Å². The van der Waals surface area contributed by atoms with Gasteiger partial charge in [-0.2, -0.15) is 0 Å². The van der Waals surface area contributed by atoms with Gasteiger partial charge in [-0.1, -0.05) is 37.3 Å². The van der Waals surface area contributed by atoms with Crippen molar-refractivity contribution in [2.75, 3.05) is 0 Å². The van der Waals surface area contributed by atoms with Crippen LogP contribution < -0.4 is 0 Å². The van der Waals surface area contributed by atoms with E-state index in [0.29, 0.717) is 0 Å². The van der Waals surface area contributed by atoms with Crippen molar-refractivity contribution < 1.29 is 15.0 Å². The van der Waals surface area contributed by atoms with Gasteiger partial charge in [0, 0.05) is 5.92 Å². The Morgan fingerprint density at radius 1 is 1.36 bits per heavy atom. The van der Waals surface area contributed by atoms with Crippen molar-refractivity contribution in [1.29, 1.82) is 0 Å². The maximum atomic E-state index is 10.8. The largest absolute Gasteiger partial charge is 0.479 e. The first kappa shape index (κ1) is 10.7. The van der Waals surface area contributed by atoms with E-state index in [9.17, 15) is 9.90 Å². The van der Waals surface area contributed by atoms with E-state index in [-0.39, 0.29) is 0 Å². The Bertz CT molecular complexity index is 317. The van der Waals surface area contributed by atoms with Crippen molar-refractivity contribution in [3.63, 3.8) is 0 Å². The van der Waals surface area contributed by atoms with E-state index in [1.54, 1.807) is 6.92 Å². The molecule has 14 heavy (non-hydrogen) atoms. The average molecular weight is 194 g/mol. The molecule has 0 heterocycles. The third-order valence-corrected chi connectivity index (χ3v) is 2.58. The molecular formula is C11H14O3. The summed E-state index contributed by atoms with van der Waals surface area (Å²) < 4.78 is 0. The minimum atomic E-state index is -1.72. The van der Waals surface area contributed by atoms with Gasteiger partial charge in [0.1, 0.15) is 0 Å². The van der Waals surface area contributed by atoms with Gasteiger partial charge < -0.3 is 10.2 Å². The standard InChI is InChI=1S/C11H14O3/c1-8(11(2,14)10(12)13)9-6-4-3-5-7-9/h3-8,14H,1-2H3,(H,12,13)/t8-,11-/m0/s1. The van der Waals surface area contributed by atoms with E-state index in [1.165, 1.54) is 6.92 Å². The monoisotopic (exact) mass is 194 g/mol. The van der Waals surface area contributed by atoms with Crippen LogP contribution in [0.4, 0.5) is 0 Å². The molecule has 0 bridgehead atoms. The van der Waals surface area contributed by atoms with Crippen LogP contribution in [0, 0.1) is 0 Å². The number of hydrogen-bond acceptors (Lipinski definition) is 2. The second-order valence-electron chi connectivity index (χ2n) is 3.59. The molecule has 0 saturated carbocycles. The number of carbonyl (C=O) groups is 1. The van der Waals surface area contributed by atoms with Crippen LogP contribution in [0.15, 0.2) is 30.3 Å². The number of carboxylic acid groups (broad SMARTS) is 1. The van der Waals surface area contributed by atoms with E-state index >= 15 is 0 Å². The van der Waals surface area contributed by atoms with Gasteiger partial charge in [0.2, 0.25) is 0 Å². The van der Waals surface area contributed by atoms with Crippen LogP contribution in [0.5, 0.6) is 0 Å². The van der Waals surface area contributed by atoms with E-state index in [1.807, 2.05) is 30.3 Å². The summed E-state index contributed by atoms with van der Waals surface area (Å²) in [6.45, 7) is 3.01. The van der Waals surface area contributed by atoms with Gasteiger partial charge in [-0.15, -0.1) is 0 Å². The molecule has 1 aromatic carbocycles. The Labute approximate surface area is 83.0 Å². The fourth-order valence-corrected chi connectivity index (χ4v) is 1.25. The van der Waals surface area contributed by atoms with Crippen LogP contribution in [0.1, 0.15) is 25.3 Å². The molecule has 0 radical (unpaired) electrons. The van der Waals surface area contributed by atoms with Crippen molar-refractivity contribution in [3.8, 4) is 0 Å². The normalized spacial score (nSPS) is 17.1. The Morgan fingerprint density at radius 2 is 1.86 bits per heavy atom. The predicted molar refractivity (Wildman–Crippen MR) is 53.1 cm³/mol. The first-order valence-corrected chi connectivity index (χ1v) is 4.47. The molecule has 0 aromatic heterocycles.